The van der Waals surface area contributed by atoms with E-state index in [0.717, 1.165) is 5.56 Å². The molecule has 0 aromatic heterocycles. The standard InChI is InChI=1S/C14H17ClO3/c1-10-3-4-11(9-12(10)15)13(16)14(17-2)5-7-18-8-6-14/h3-4,9H,5-8H2,1-2H3. The number of aryl methyl sites for hydroxylation is 1. The van der Waals surface area contributed by atoms with Gasteiger partial charge in [0.25, 0.3) is 0 Å². The SMILES string of the molecule is COC1(C(=O)c2ccc(C)c(Cl)c2)CCOCC1. The summed E-state index contributed by atoms with van der Waals surface area (Å²) in [6.45, 7) is 3.02. The molecule has 1 fully saturated rings. The monoisotopic (exact) mass is 268 g/mol. The maximum atomic E-state index is 12.6. The van der Waals surface area contributed by atoms with Crippen molar-refractivity contribution in [1.82, 2.24) is 0 Å². The lowest BCUT2D eigenvalue weighted by atomic mass is 9.85. The molecule has 1 aromatic carbocycles. The van der Waals surface area contributed by atoms with Crippen molar-refractivity contribution in [2.24, 2.45) is 0 Å². The highest BCUT2D eigenvalue weighted by atomic mass is 35.5. The van der Waals surface area contributed by atoms with Crippen molar-refractivity contribution >= 4 is 17.4 Å². The van der Waals surface area contributed by atoms with Crippen LogP contribution in [-0.4, -0.2) is 31.7 Å². The molecular formula is C14H17ClO3. The molecule has 1 aromatic rings. The molecule has 0 saturated carbocycles. The van der Waals surface area contributed by atoms with Crippen molar-refractivity contribution in [2.75, 3.05) is 20.3 Å². The third kappa shape index (κ3) is 2.44. The summed E-state index contributed by atoms with van der Waals surface area (Å²) in [6, 6.07) is 5.38. The van der Waals surface area contributed by atoms with Gasteiger partial charge in [-0.2, -0.15) is 0 Å². The predicted octanol–water partition coefficient (Wildman–Crippen LogP) is 3.03. The van der Waals surface area contributed by atoms with E-state index in [-0.39, 0.29) is 5.78 Å². The van der Waals surface area contributed by atoms with Crippen molar-refractivity contribution < 1.29 is 14.3 Å². The first-order valence-electron chi connectivity index (χ1n) is 6.03. The van der Waals surface area contributed by atoms with Gasteiger partial charge in [0, 0.05) is 43.8 Å². The summed E-state index contributed by atoms with van der Waals surface area (Å²) in [5, 5.41) is 0.610. The van der Waals surface area contributed by atoms with Gasteiger partial charge in [-0.15, -0.1) is 0 Å². The number of benzene rings is 1. The first-order chi connectivity index (χ1) is 8.59. The quantitative estimate of drug-likeness (QED) is 0.791. The summed E-state index contributed by atoms with van der Waals surface area (Å²) in [6.07, 6.45) is 1.18. The lowest BCUT2D eigenvalue weighted by molar-refractivity contribution is -0.0663. The number of rotatable bonds is 3. The number of ketones is 1. The van der Waals surface area contributed by atoms with E-state index in [1.165, 1.54) is 0 Å². The predicted molar refractivity (Wildman–Crippen MR) is 70.3 cm³/mol. The molecule has 0 spiro atoms. The molecule has 0 aliphatic carbocycles. The first kappa shape index (κ1) is 13.5. The highest BCUT2D eigenvalue weighted by Gasteiger charge is 2.40. The van der Waals surface area contributed by atoms with Crippen molar-refractivity contribution in [3.63, 3.8) is 0 Å². The third-order valence-corrected chi connectivity index (χ3v) is 3.95. The van der Waals surface area contributed by atoms with E-state index in [2.05, 4.69) is 0 Å². The number of carbonyl (C=O) groups is 1. The Morgan fingerprint density at radius 1 is 1.39 bits per heavy atom. The summed E-state index contributed by atoms with van der Waals surface area (Å²) in [5.41, 5.74) is 0.817. The van der Waals surface area contributed by atoms with Crippen LogP contribution in [0.15, 0.2) is 18.2 Å². The molecule has 3 nitrogen and oxygen atoms in total. The van der Waals surface area contributed by atoms with E-state index in [4.69, 9.17) is 21.1 Å². The van der Waals surface area contributed by atoms with Crippen LogP contribution in [0, 0.1) is 6.92 Å². The maximum Gasteiger partial charge on any atom is 0.194 e. The topological polar surface area (TPSA) is 35.5 Å². The van der Waals surface area contributed by atoms with E-state index in [1.807, 2.05) is 13.0 Å². The van der Waals surface area contributed by atoms with Gasteiger partial charge in [-0.25, -0.2) is 0 Å². The minimum absolute atomic E-state index is 0.00444. The van der Waals surface area contributed by atoms with Crippen molar-refractivity contribution in [1.29, 1.82) is 0 Å². The van der Waals surface area contributed by atoms with Gasteiger partial charge in [0.2, 0.25) is 0 Å². The Kier molecular flexibility index (Phi) is 4.05. The van der Waals surface area contributed by atoms with Gasteiger partial charge in [-0.3, -0.25) is 4.79 Å². The molecule has 0 atom stereocenters. The molecule has 18 heavy (non-hydrogen) atoms. The zero-order valence-corrected chi connectivity index (χ0v) is 11.4. The normalized spacial score (nSPS) is 18.6. The summed E-state index contributed by atoms with van der Waals surface area (Å²) < 4.78 is 10.8. The molecule has 0 radical (unpaired) electrons. The van der Waals surface area contributed by atoms with E-state index in [1.54, 1.807) is 19.2 Å². The molecule has 98 valence electrons. The molecule has 0 unspecified atom stereocenters. The van der Waals surface area contributed by atoms with Gasteiger partial charge < -0.3 is 9.47 Å². The number of carbonyl (C=O) groups excluding carboxylic acids is 1. The number of ether oxygens (including phenoxy) is 2. The van der Waals surface area contributed by atoms with Crippen LogP contribution in [0.2, 0.25) is 5.02 Å². The summed E-state index contributed by atoms with van der Waals surface area (Å²) >= 11 is 6.07. The lowest BCUT2D eigenvalue weighted by Crippen LogP contribution is -2.45. The second-order valence-electron chi connectivity index (χ2n) is 4.60. The van der Waals surface area contributed by atoms with Crippen LogP contribution < -0.4 is 0 Å². The summed E-state index contributed by atoms with van der Waals surface area (Å²) in [7, 11) is 1.58. The fourth-order valence-electron chi connectivity index (χ4n) is 2.22. The zero-order chi connectivity index (χ0) is 13.2. The Bertz CT molecular complexity index is 450. The van der Waals surface area contributed by atoms with E-state index >= 15 is 0 Å². The van der Waals surface area contributed by atoms with Gasteiger partial charge in [0.15, 0.2) is 5.78 Å². The van der Waals surface area contributed by atoms with Crippen LogP contribution >= 0.6 is 11.6 Å². The van der Waals surface area contributed by atoms with Crippen LogP contribution in [0.3, 0.4) is 0 Å². The van der Waals surface area contributed by atoms with Crippen molar-refractivity contribution in [3.05, 3.63) is 34.3 Å². The maximum absolute atomic E-state index is 12.6. The van der Waals surface area contributed by atoms with E-state index < -0.39 is 5.60 Å². The summed E-state index contributed by atoms with van der Waals surface area (Å²) in [4.78, 5) is 12.6. The zero-order valence-electron chi connectivity index (χ0n) is 10.7. The molecule has 4 heteroatoms. The minimum Gasteiger partial charge on any atom is -0.381 e. The Labute approximate surface area is 112 Å². The minimum atomic E-state index is -0.753. The van der Waals surface area contributed by atoms with Gasteiger partial charge in [-0.05, 0) is 18.6 Å². The Balaban J connectivity index is 2.30. The van der Waals surface area contributed by atoms with Crippen LogP contribution in [0.1, 0.15) is 28.8 Å². The van der Waals surface area contributed by atoms with Crippen LogP contribution in [-0.2, 0) is 9.47 Å². The molecule has 0 amide bonds. The fraction of sp³-hybridized carbons (Fsp3) is 0.500. The van der Waals surface area contributed by atoms with Gasteiger partial charge >= 0.3 is 0 Å². The highest BCUT2D eigenvalue weighted by molar-refractivity contribution is 6.31. The third-order valence-electron chi connectivity index (χ3n) is 3.54. The number of hydrogen-bond acceptors (Lipinski definition) is 3. The number of halogens is 1. The highest BCUT2D eigenvalue weighted by Crippen LogP contribution is 2.30. The first-order valence-corrected chi connectivity index (χ1v) is 6.41. The average Bonchev–Trinajstić information content (AvgIpc) is 2.42. The van der Waals surface area contributed by atoms with Crippen molar-refractivity contribution in [2.45, 2.75) is 25.4 Å². The molecule has 1 aliphatic heterocycles. The number of hydrogen-bond donors (Lipinski definition) is 0. The molecule has 2 rings (SSSR count). The second kappa shape index (κ2) is 5.39. The molecular weight excluding hydrogens is 252 g/mol. The lowest BCUT2D eigenvalue weighted by Gasteiger charge is -2.34. The molecule has 1 saturated heterocycles. The Hall–Kier alpha value is -0.900. The molecule has 0 N–H and O–H groups in total. The van der Waals surface area contributed by atoms with Crippen LogP contribution in [0.4, 0.5) is 0 Å². The molecule has 1 heterocycles. The fourth-order valence-corrected chi connectivity index (χ4v) is 2.40. The largest absolute Gasteiger partial charge is 0.381 e. The Morgan fingerprint density at radius 2 is 2.06 bits per heavy atom. The summed E-state index contributed by atoms with van der Waals surface area (Å²) in [5.74, 6) is -0.00444. The Morgan fingerprint density at radius 3 is 2.61 bits per heavy atom. The van der Waals surface area contributed by atoms with Crippen LogP contribution in [0.25, 0.3) is 0 Å². The number of Topliss-reactive ketones (excluding diaryl/α,β-unsaturated/α-hetero) is 1. The average molecular weight is 269 g/mol. The molecule has 0 bridgehead atoms. The van der Waals surface area contributed by atoms with Crippen LogP contribution in [0.5, 0.6) is 0 Å². The second-order valence-corrected chi connectivity index (χ2v) is 5.01. The van der Waals surface area contributed by atoms with E-state index in [9.17, 15) is 4.79 Å². The van der Waals surface area contributed by atoms with E-state index in [0.29, 0.717) is 36.6 Å². The smallest absolute Gasteiger partial charge is 0.194 e. The van der Waals surface area contributed by atoms with Gasteiger partial charge in [0.05, 0.1) is 0 Å². The number of methoxy groups -OCH3 is 1. The van der Waals surface area contributed by atoms with Gasteiger partial charge in [-0.1, -0.05) is 23.7 Å². The van der Waals surface area contributed by atoms with Gasteiger partial charge in [0.1, 0.15) is 5.60 Å². The van der Waals surface area contributed by atoms with Crippen molar-refractivity contribution in [3.8, 4) is 0 Å². The molecule has 1 aliphatic rings.